The number of nitrogens with one attached hydrogen (secondary N) is 2. The molecule has 1 amide bonds. The SMILES string of the molecule is Cc1cccc(S(=O)ONC(=O)CCC2CC(C)(C)NC(C)(C)C2)c1. The molecule has 1 aromatic carbocycles. The first-order valence-electron chi connectivity index (χ1n) is 8.80. The summed E-state index contributed by atoms with van der Waals surface area (Å²) in [6.07, 6.45) is 3.27. The second-order valence-electron chi connectivity index (χ2n) is 8.37. The number of aryl methyl sites for hydroxylation is 1. The summed E-state index contributed by atoms with van der Waals surface area (Å²) in [5.41, 5.74) is 3.47. The summed E-state index contributed by atoms with van der Waals surface area (Å²) < 4.78 is 17.1. The molecule has 0 aliphatic carbocycles. The Balaban J connectivity index is 1.78. The van der Waals surface area contributed by atoms with Crippen LogP contribution in [0.2, 0.25) is 0 Å². The van der Waals surface area contributed by atoms with Crippen molar-refractivity contribution in [3.63, 3.8) is 0 Å². The highest BCUT2D eigenvalue weighted by Gasteiger charge is 2.37. The van der Waals surface area contributed by atoms with Crippen molar-refractivity contribution in [3.8, 4) is 0 Å². The molecule has 0 bridgehead atoms. The Labute approximate surface area is 153 Å². The maximum Gasteiger partial charge on any atom is 0.244 e. The lowest BCUT2D eigenvalue weighted by atomic mass is 9.74. The zero-order valence-electron chi connectivity index (χ0n) is 15.8. The zero-order valence-corrected chi connectivity index (χ0v) is 16.7. The number of benzene rings is 1. The Morgan fingerprint density at radius 3 is 2.52 bits per heavy atom. The van der Waals surface area contributed by atoms with Crippen LogP contribution in [0, 0.1) is 12.8 Å². The number of carbonyl (C=O) groups excluding carboxylic acids is 1. The average molecular weight is 367 g/mol. The first-order valence-corrected chi connectivity index (χ1v) is 9.88. The molecular formula is C19H30N2O3S. The lowest BCUT2D eigenvalue weighted by Crippen LogP contribution is -2.57. The van der Waals surface area contributed by atoms with Crippen LogP contribution < -0.4 is 10.8 Å². The van der Waals surface area contributed by atoms with Crippen LogP contribution in [0.25, 0.3) is 0 Å². The maximum absolute atomic E-state index is 12.0. The molecule has 25 heavy (non-hydrogen) atoms. The highest BCUT2D eigenvalue weighted by Crippen LogP contribution is 2.35. The lowest BCUT2D eigenvalue weighted by Gasteiger charge is -2.46. The minimum absolute atomic E-state index is 0.0755. The molecule has 140 valence electrons. The molecule has 0 saturated carbocycles. The highest BCUT2D eigenvalue weighted by atomic mass is 32.2. The molecule has 1 aromatic rings. The van der Waals surface area contributed by atoms with Gasteiger partial charge in [-0.15, -0.1) is 0 Å². The molecule has 1 aliphatic rings. The summed E-state index contributed by atoms with van der Waals surface area (Å²) in [4.78, 5) is 12.6. The Morgan fingerprint density at radius 1 is 1.28 bits per heavy atom. The van der Waals surface area contributed by atoms with Gasteiger partial charge in [-0.05, 0) is 77.5 Å². The van der Waals surface area contributed by atoms with E-state index >= 15 is 0 Å². The van der Waals surface area contributed by atoms with E-state index in [-0.39, 0.29) is 17.0 Å². The van der Waals surface area contributed by atoms with E-state index in [1.54, 1.807) is 12.1 Å². The lowest BCUT2D eigenvalue weighted by molar-refractivity contribution is -0.127. The zero-order chi connectivity index (χ0) is 18.7. The van der Waals surface area contributed by atoms with Gasteiger partial charge in [-0.2, -0.15) is 4.28 Å². The minimum atomic E-state index is -1.69. The van der Waals surface area contributed by atoms with Gasteiger partial charge in [0.2, 0.25) is 17.0 Å². The van der Waals surface area contributed by atoms with Gasteiger partial charge in [0, 0.05) is 17.5 Å². The average Bonchev–Trinajstić information content (AvgIpc) is 2.47. The van der Waals surface area contributed by atoms with Crippen molar-refractivity contribution < 1.29 is 13.3 Å². The fraction of sp³-hybridized carbons (Fsp3) is 0.632. The van der Waals surface area contributed by atoms with E-state index in [2.05, 4.69) is 38.5 Å². The molecule has 5 nitrogen and oxygen atoms in total. The van der Waals surface area contributed by atoms with Crippen LogP contribution in [0.4, 0.5) is 0 Å². The molecule has 1 saturated heterocycles. The van der Waals surface area contributed by atoms with E-state index < -0.39 is 11.1 Å². The third-order valence-electron chi connectivity index (χ3n) is 4.47. The number of rotatable bonds is 6. The van der Waals surface area contributed by atoms with Gasteiger partial charge < -0.3 is 5.32 Å². The molecule has 1 atom stereocenters. The second-order valence-corrected chi connectivity index (χ2v) is 9.47. The predicted molar refractivity (Wildman–Crippen MR) is 100 cm³/mol. The van der Waals surface area contributed by atoms with Gasteiger partial charge in [0.05, 0.1) is 4.90 Å². The fourth-order valence-corrected chi connectivity index (χ4v) is 4.71. The number of amides is 1. The van der Waals surface area contributed by atoms with Crippen molar-refractivity contribution in [1.29, 1.82) is 0 Å². The van der Waals surface area contributed by atoms with E-state index in [9.17, 15) is 9.00 Å². The summed E-state index contributed by atoms with van der Waals surface area (Å²) in [7, 11) is 0. The summed E-state index contributed by atoms with van der Waals surface area (Å²) in [5.74, 6) is 0.259. The van der Waals surface area contributed by atoms with Gasteiger partial charge in [0.25, 0.3) is 0 Å². The number of hydrogen-bond acceptors (Lipinski definition) is 4. The molecule has 6 heteroatoms. The van der Waals surface area contributed by atoms with E-state index in [1.807, 2.05) is 19.1 Å². The quantitative estimate of drug-likeness (QED) is 0.757. The van der Waals surface area contributed by atoms with Crippen molar-refractivity contribution in [2.24, 2.45) is 5.92 Å². The summed E-state index contributed by atoms with van der Waals surface area (Å²) in [5, 5.41) is 3.65. The molecule has 2 rings (SSSR count). The van der Waals surface area contributed by atoms with Gasteiger partial charge >= 0.3 is 0 Å². The monoisotopic (exact) mass is 366 g/mol. The largest absolute Gasteiger partial charge is 0.307 e. The molecular weight excluding hydrogens is 336 g/mol. The van der Waals surface area contributed by atoms with Gasteiger partial charge in [-0.3, -0.25) is 4.79 Å². The summed E-state index contributed by atoms with van der Waals surface area (Å²) >= 11 is -1.69. The van der Waals surface area contributed by atoms with Crippen molar-refractivity contribution in [2.45, 2.75) is 76.3 Å². The molecule has 2 N–H and O–H groups in total. The molecule has 0 aromatic heterocycles. The van der Waals surface area contributed by atoms with Gasteiger partial charge in [-0.1, -0.05) is 12.1 Å². The number of hydroxylamine groups is 1. The normalized spacial score (nSPS) is 20.8. The molecule has 0 spiro atoms. The smallest absolute Gasteiger partial charge is 0.244 e. The Kier molecular flexibility index (Phi) is 6.40. The molecule has 1 unspecified atom stereocenters. The Morgan fingerprint density at radius 2 is 1.92 bits per heavy atom. The van der Waals surface area contributed by atoms with Crippen LogP contribution in [0.15, 0.2) is 29.2 Å². The first kappa shape index (κ1) is 20.1. The first-order chi connectivity index (χ1) is 11.6. The van der Waals surface area contributed by atoms with E-state index in [0.717, 1.165) is 24.8 Å². The minimum Gasteiger partial charge on any atom is -0.307 e. The maximum atomic E-state index is 12.0. The molecule has 1 heterocycles. The third kappa shape index (κ3) is 6.53. The number of carbonyl (C=O) groups is 1. The van der Waals surface area contributed by atoms with E-state index in [1.165, 1.54) is 0 Å². The fourth-order valence-electron chi connectivity index (χ4n) is 3.98. The number of hydrogen-bond donors (Lipinski definition) is 2. The topological polar surface area (TPSA) is 67.4 Å². The third-order valence-corrected chi connectivity index (χ3v) is 5.34. The number of piperidine rings is 1. The van der Waals surface area contributed by atoms with Crippen molar-refractivity contribution in [1.82, 2.24) is 10.8 Å². The van der Waals surface area contributed by atoms with Gasteiger partial charge in [0.15, 0.2) is 0 Å². The van der Waals surface area contributed by atoms with Crippen molar-refractivity contribution in [2.75, 3.05) is 0 Å². The van der Waals surface area contributed by atoms with Crippen LogP contribution in [0.1, 0.15) is 58.9 Å². The molecule has 1 fully saturated rings. The molecule has 0 radical (unpaired) electrons. The summed E-state index contributed by atoms with van der Waals surface area (Å²) in [6.45, 7) is 10.7. The Bertz CT molecular complexity index is 627. The van der Waals surface area contributed by atoms with Crippen molar-refractivity contribution in [3.05, 3.63) is 29.8 Å². The van der Waals surface area contributed by atoms with Gasteiger partial charge in [0.1, 0.15) is 0 Å². The van der Waals surface area contributed by atoms with Crippen LogP contribution in [-0.2, 0) is 20.2 Å². The van der Waals surface area contributed by atoms with E-state index in [0.29, 0.717) is 17.2 Å². The van der Waals surface area contributed by atoms with Crippen LogP contribution in [0.3, 0.4) is 0 Å². The van der Waals surface area contributed by atoms with E-state index in [4.69, 9.17) is 4.28 Å². The van der Waals surface area contributed by atoms with Gasteiger partial charge in [-0.25, -0.2) is 9.69 Å². The van der Waals surface area contributed by atoms with Crippen molar-refractivity contribution >= 4 is 17.0 Å². The Hall–Kier alpha value is -1.24. The predicted octanol–water partition coefficient (Wildman–Crippen LogP) is 3.40. The molecule has 1 aliphatic heterocycles. The standard InChI is InChI=1S/C19H30N2O3S/c1-14-7-6-8-16(11-14)25(23)24-20-17(22)10-9-15-12-18(2,3)21-19(4,5)13-15/h6-8,11,15,21H,9-10,12-13H2,1-5H3,(H,20,22). The van der Waals surface area contributed by atoms with Crippen LogP contribution >= 0.6 is 0 Å². The van der Waals surface area contributed by atoms with Crippen LogP contribution in [0.5, 0.6) is 0 Å². The summed E-state index contributed by atoms with van der Waals surface area (Å²) in [6, 6.07) is 7.23. The second kappa shape index (κ2) is 7.98. The highest BCUT2D eigenvalue weighted by molar-refractivity contribution is 7.80. The van der Waals surface area contributed by atoms with Crippen LogP contribution in [-0.4, -0.2) is 21.2 Å².